The van der Waals surface area contributed by atoms with Gasteiger partial charge in [-0.25, -0.2) is 13.4 Å². The SMILES string of the molecule is CCS(=O)(=O)c1ccc([CH]C(N)=O)cn1. The topological polar surface area (TPSA) is 90.1 Å². The van der Waals surface area contributed by atoms with E-state index in [-0.39, 0.29) is 10.8 Å². The molecule has 2 N–H and O–H groups in total. The number of carbonyl (C=O) groups excluding carboxylic acids is 1. The first-order chi connectivity index (χ1) is 6.95. The lowest BCUT2D eigenvalue weighted by atomic mass is 10.2. The second-order valence-electron chi connectivity index (χ2n) is 2.88. The normalized spacial score (nSPS) is 11.3. The van der Waals surface area contributed by atoms with Gasteiger partial charge in [-0.15, -0.1) is 0 Å². The van der Waals surface area contributed by atoms with Gasteiger partial charge in [-0.1, -0.05) is 13.0 Å². The van der Waals surface area contributed by atoms with Crippen molar-refractivity contribution in [1.29, 1.82) is 0 Å². The van der Waals surface area contributed by atoms with Crippen molar-refractivity contribution in [3.63, 3.8) is 0 Å². The zero-order valence-electron chi connectivity index (χ0n) is 8.17. The van der Waals surface area contributed by atoms with Crippen molar-refractivity contribution in [1.82, 2.24) is 4.98 Å². The number of primary amides is 1. The van der Waals surface area contributed by atoms with Crippen LogP contribution in [0.4, 0.5) is 0 Å². The van der Waals surface area contributed by atoms with Crippen LogP contribution in [0.5, 0.6) is 0 Å². The fourth-order valence-electron chi connectivity index (χ4n) is 0.973. The zero-order valence-corrected chi connectivity index (χ0v) is 8.99. The summed E-state index contributed by atoms with van der Waals surface area (Å²) in [5.74, 6) is -0.596. The fourth-order valence-corrected chi connectivity index (χ4v) is 1.76. The number of pyridine rings is 1. The van der Waals surface area contributed by atoms with E-state index in [4.69, 9.17) is 5.73 Å². The Bertz CT molecular complexity index is 451. The Labute approximate surface area is 88.2 Å². The van der Waals surface area contributed by atoms with Crippen LogP contribution in [0.1, 0.15) is 12.5 Å². The fraction of sp³-hybridized carbons (Fsp3) is 0.222. The van der Waals surface area contributed by atoms with Crippen LogP contribution in [-0.2, 0) is 14.6 Å². The highest BCUT2D eigenvalue weighted by molar-refractivity contribution is 7.91. The summed E-state index contributed by atoms with van der Waals surface area (Å²) in [4.78, 5) is 14.3. The molecule has 1 aromatic rings. The molecule has 5 nitrogen and oxygen atoms in total. The van der Waals surface area contributed by atoms with Gasteiger partial charge in [0.25, 0.3) is 0 Å². The molecule has 0 atom stereocenters. The van der Waals surface area contributed by atoms with Gasteiger partial charge < -0.3 is 5.73 Å². The lowest BCUT2D eigenvalue weighted by Crippen LogP contribution is -2.12. The maximum absolute atomic E-state index is 11.4. The van der Waals surface area contributed by atoms with Crippen molar-refractivity contribution in [3.05, 3.63) is 30.3 Å². The standard InChI is InChI=1S/C9H11N2O3S/c1-2-15(13,14)9-4-3-7(6-11-9)5-8(10)12/h3-6H,2H2,1H3,(H2,10,12). The number of sulfone groups is 1. The maximum Gasteiger partial charge on any atom is 0.226 e. The molecule has 0 aromatic carbocycles. The molecule has 0 aliphatic rings. The van der Waals surface area contributed by atoms with E-state index < -0.39 is 15.7 Å². The summed E-state index contributed by atoms with van der Waals surface area (Å²) in [6, 6.07) is 2.84. The van der Waals surface area contributed by atoms with Crippen molar-refractivity contribution in [3.8, 4) is 0 Å². The van der Waals surface area contributed by atoms with Gasteiger partial charge in [-0.2, -0.15) is 0 Å². The molecule has 0 aliphatic heterocycles. The molecule has 0 saturated carbocycles. The predicted molar refractivity (Wildman–Crippen MR) is 54.6 cm³/mol. The molecular weight excluding hydrogens is 216 g/mol. The van der Waals surface area contributed by atoms with Gasteiger partial charge in [0.15, 0.2) is 14.9 Å². The molecule has 0 saturated heterocycles. The molecule has 15 heavy (non-hydrogen) atoms. The highest BCUT2D eigenvalue weighted by Crippen LogP contribution is 2.09. The minimum Gasteiger partial charge on any atom is -0.369 e. The molecule has 0 fully saturated rings. The monoisotopic (exact) mass is 227 g/mol. The van der Waals surface area contributed by atoms with Crippen LogP contribution < -0.4 is 5.73 Å². The van der Waals surface area contributed by atoms with Crippen LogP contribution in [-0.4, -0.2) is 25.1 Å². The third-order valence-electron chi connectivity index (χ3n) is 1.77. The van der Waals surface area contributed by atoms with E-state index in [2.05, 4.69) is 4.98 Å². The number of hydrogen-bond donors (Lipinski definition) is 1. The summed E-state index contributed by atoms with van der Waals surface area (Å²) < 4.78 is 22.7. The number of hydrogen-bond acceptors (Lipinski definition) is 4. The molecule has 0 bridgehead atoms. The molecular formula is C9H11N2O3S. The van der Waals surface area contributed by atoms with Gasteiger partial charge in [0.1, 0.15) is 0 Å². The summed E-state index contributed by atoms with van der Waals surface area (Å²) in [7, 11) is -3.28. The number of nitrogens with zero attached hydrogens (tertiary/aromatic N) is 1. The van der Waals surface area contributed by atoms with Gasteiger partial charge in [0.05, 0.1) is 12.2 Å². The van der Waals surface area contributed by atoms with Gasteiger partial charge in [0, 0.05) is 6.20 Å². The van der Waals surface area contributed by atoms with Gasteiger partial charge in [-0.05, 0) is 11.6 Å². The average Bonchev–Trinajstić information content (AvgIpc) is 2.18. The van der Waals surface area contributed by atoms with E-state index in [1.807, 2.05) is 0 Å². The Balaban J connectivity index is 2.95. The van der Waals surface area contributed by atoms with Crippen LogP contribution in [0.3, 0.4) is 0 Å². The molecule has 1 heterocycles. The lowest BCUT2D eigenvalue weighted by molar-refractivity contribution is -0.114. The second kappa shape index (κ2) is 4.39. The molecule has 1 aromatic heterocycles. The van der Waals surface area contributed by atoms with Gasteiger partial charge in [0.2, 0.25) is 5.91 Å². The highest BCUT2D eigenvalue weighted by atomic mass is 32.2. The number of amides is 1. The van der Waals surface area contributed by atoms with Crippen molar-refractivity contribution >= 4 is 15.7 Å². The second-order valence-corrected chi connectivity index (χ2v) is 5.11. The lowest BCUT2D eigenvalue weighted by Gasteiger charge is -2.01. The van der Waals surface area contributed by atoms with E-state index >= 15 is 0 Å². The molecule has 0 aliphatic carbocycles. The summed E-state index contributed by atoms with van der Waals surface area (Å²) in [5.41, 5.74) is 5.42. The van der Waals surface area contributed by atoms with Crippen molar-refractivity contribution in [2.45, 2.75) is 11.9 Å². The highest BCUT2D eigenvalue weighted by Gasteiger charge is 2.12. The van der Waals surface area contributed by atoms with Gasteiger partial charge in [-0.3, -0.25) is 4.79 Å². The van der Waals surface area contributed by atoms with Crippen molar-refractivity contribution in [2.75, 3.05) is 5.75 Å². The Hall–Kier alpha value is -1.43. The zero-order chi connectivity index (χ0) is 11.5. The molecule has 0 unspecified atom stereocenters. The van der Waals surface area contributed by atoms with E-state index in [9.17, 15) is 13.2 Å². The molecule has 6 heteroatoms. The van der Waals surface area contributed by atoms with Crippen LogP contribution in [0.2, 0.25) is 0 Å². The third kappa shape index (κ3) is 3.02. The van der Waals surface area contributed by atoms with E-state index in [0.29, 0.717) is 5.56 Å². The summed E-state index contributed by atoms with van der Waals surface area (Å²) >= 11 is 0. The minimum absolute atomic E-state index is 0.00111. The Morgan fingerprint density at radius 1 is 1.53 bits per heavy atom. The Kier molecular flexibility index (Phi) is 3.41. The first-order valence-corrected chi connectivity index (χ1v) is 5.94. The van der Waals surface area contributed by atoms with Crippen LogP contribution >= 0.6 is 0 Å². The van der Waals surface area contributed by atoms with Gasteiger partial charge >= 0.3 is 0 Å². The average molecular weight is 227 g/mol. The summed E-state index contributed by atoms with van der Waals surface area (Å²) in [6.45, 7) is 1.54. The Morgan fingerprint density at radius 3 is 2.60 bits per heavy atom. The molecule has 0 spiro atoms. The van der Waals surface area contributed by atoms with Crippen LogP contribution in [0.15, 0.2) is 23.4 Å². The molecule has 81 valence electrons. The largest absolute Gasteiger partial charge is 0.369 e. The van der Waals surface area contributed by atoms with Crippen LogP contribution in [0.25, 0.3) is 0 Å². The molecule has 1 radical (unpaired) electrons. The summed E-state index contributed by atoms with van der Waals surface area (Å²) in [6.07, 6.45) is 2.47. The quantitative estimate of drug-likeness (QED) is 0.778. The minimum atomic E-state index is -3.28. The van der Waals surface area contributed by atoms with E-state index in [1.165, 1.54) is 24.8 Å². The number of carbonyl (C=O) groups is 1. The number of aromatic nitrogens is 1. The maximum atomic E-state index is 11.4. The van der Waals surface area contributed by atoms with Crippen LogP contribution in [0, 0.1) is 6.42 Å². The molecule has 1 amide bonds. The Morgan fingerprint density at radius 2 is 2.20 bits per heavy atom. The van der Waals surface area contributed by atoms with E-state index in [0.717, 1.165) is 0 Å². The number of rotatable bonds is 4. The first kappa shape index (κ1) is 11.6. The van der Waals surface area contributed by atoms with Crippen molar-refractivity contribution in [2.24, 2.45) is 5.73 Å². The smallest absolute Gasteiger partial charge is 0.226 e. The number of nitrogens with two attached hydrogens (primary N) is 1. The van der Waals surface area contributed by atoms with Crippen molar-refractivity contribution < 1.29 is 13.2 Å². The summed E-state index contributed by atoms with van der Waals surface area (Å²) in [5, 5.41) is 0.00613. The molecule has 1 rings (SSSR count). The first-order valence-electron chi connectivity index (χ1n) is 4.28. The third-order valence-corrected chi connectivity index (χ3v) is 3.41. The van der Waals surface area contributed by atoms with E-state index in [1.54, 1.807) is 6.92 Å². The predicted octanol–water partition coefficient (Wildman–Crippen LogP) is -0.0871.